The van der Waals surface area contributed by atoms with Crippen LogP contribution in [0.15, 0.2) is 89.4 Å². The van der Waals surface area contributed by atoms with Crippen molar-refractivity contribution < 1.29 is 32.9 Å². The summed E-state index contributed by atoms with van der Waals surface area (Å²) in [4.78, 5) is 12.0. The number of ether oxygens (including phenoxy) is 2. The van der Waals surface area contributed by atoms with Gasteiger partial charge in [-0.2, -0.15) is 0 Å². The van der Waals surface area contributed by atoms with Crippen LogP contribution in [0.2, 0.25) is 0 Å². The normalized spacial score (nSPS) is 24.2. The van der Waals surface area contributed by atoms with Crippen LogP contribution < -0.4 is 4.74 Å². The Morgan fingerprint density at radius 1 is 1.08 bits per heavy atom. The molecule has 2 aliphatic carbocycles. The third-order valence-electron chi connectivity index (χ3n) is 7.82. The Balaban J connectivity index is 1.42. The largest absolute Gasteiger partial charge is 0.493 e. The van der Waals surface area contributed by atoms with E-state index in [1.165, 1.54) is 7.11 Å². The van der Waals surface area contributed by atoms with Crippen molar-refractivity contribution in [2.75, 3.05) is 13.7 Å². The summed E-state index contributed by atoms with van der Waals surface area (Å²) in [5.41, 5.74) is 0.848. The number of carbonyl (C=O) groups is 1. The Bertz CT molecular complexity index is 1240. The SMILES string of the molecule is COC(=O)CCCC(C1=C[C@H]2C[C@@H](O)[C@@H](/C=C/[C@@H](O)CCOc3ccccc3)[C@H]2C1)S(=O)(=O)c1ccccc1. The molecule has 2 aromatic rings. The lowest BCUT2D eigenvalue weighted by Crippen LogP contribution is -2.25. The Hall–Kier alpha value is -2.94. The van der Waals surface area contributed by atoms with E-state index in [2.05, 4.69) is 0 Å². The highest BCUT2D eigenvalue weighted by Gasteiger charge is 2.46. The summed E-state index contributed by atoms with van der Waals surface area (Å²) in [7, 11) is -2.34. The van der Waals surface area contributed by atoms with E-state index in [0.717, 1.165) is 11.3 Å². The molecule has 0 heterocycles. The minimum absolute atomic E-state index is 0.0631. The van der Waals surface area contributed by atoms with Gasteiger partial charge in [-0.1, -0.05) is 60.2 Å². The van der Waals surface area contributed by atoms with Crippen LogP contribution in [0.3, 0.4) is 0 Å². The zero-order chi connectivity index (χ0) is 27.8. The van der Waals surface area contributed by atoms with Gasteiger partial charge in [0.15, 0.2) is 9.84 Å². The highest BCUT2D eigenvalue weighted by molar-refractivity contribution is 7.92. The number of esters is 1. The molecule has 0 amide bonds. The first-order valence-corrected chi connectivity index (χ1v) is 15.1. The molecule has 2 N–H and O–H groups in total. The first kappa shape index (κ1) is 29.1. The molecule has 2 aromatic carbocycles. The number of fused-ring (bicyclic) bond motifs is 1. The second kappa shape index (κ2) is 13.4. The fourth-order valence-corrected chi connectivity index (χ4v) is 7.72. The number of rotatable bonds is 13. The molecular weight excluding hydrogens is 516 g/mol. The van der Waals surface area contributed by atoms with E-state index >= 15 is 0 Å². The van der Waals surface area contributed by atoms with Crippen LogP contribution in [0.1, 0.15) is 38.5 Å². The van der Waals surface area contributed by atoms with Gasteiger partial charge < -0.3 is 19.7 Å². The van der Waals surface area contributed by atoms with Gasteiger partial charge in [-0.25, -0.2) is 8.42 Å². The van der Waals surface area contributed by atoms with E-state index in [1.54, 1.807) is 36.4 Å². The standard InChI is InChI=1S/C31H38O7S/c1-37-31(34)14-8-13-30(39(35,36)26-11-6-3-7-12-26)23-19-22-21-29(33)27(28(22)20-23)16-15-24(32)17-18-38-25-9-4-2-5-10-25/h2-7,9-12,15-16,19,22,24,27-30,32-33H,8,13-14,17-18,20-21H2,1H3/b16-15+/t22-,24+,27-,28-,29+,30?/m0/s1. The highest BCUT2D eigenvalue weighted by atomic mass is 32.2. The van der Waals surface area contributed by atoms with Crippen molar-refractivity contribution in [1.29, 1.82) is 0 Å². The minimum atomic E-state index is -3.66. The maximum Gasteiger partial charge on any atom is 0.305 e. The molecule has 1 saturated carbocycles. The fraction of sp³-hybridized carbons (Fsp3) is 0.452. The fourth-order valence-electron chi connectivity index (χ4n) is 5.80. The summed E-state index contributed by atoms with van der Waals surface area (Å²) in [6.07, 6.45) is 6.79. The first-order chi connectivity index (χ1) is 18.8. The number of carbonyl (C=O) groups excluding carboxylic acids is 1. The molecule has 7 nitrogen and oxygen atoms in total. The van der Waals surface area contributed by atoms with Gasteiger partial charge in [-0.05, 0) is 61.8 Å². The summed E-state index contributed by atoms with van der Waals surface area (Å²) in [6.45, 7) is 0.366. The molecule has 6 atom stereocenters. The van der Waals surface area contributed by atoms with Crippen LogP contribution in [0.25, 0.3) is 0 Å². The number of aliphatic hydroxyl groups excluding tert-OH is 2. The van der Waals surface area contributed by atoms with Gasteiger partial charge in [0, 0.05) is 18.8 Å². The molecular formula is C31H38O7S. The van der Waals surface area contributed by atoms with Crippen LogP contribution in [0, 0.1) is 17.8 Å². The summed E-state index contributed by atoms with van der Waals surface area (Å²) in [5, 5.41) is 20.5. The molecule has 0 bridgehead atoms. The van der Waals surface area contributed by atoms with E-state index in [1.807, 2.05) is 42.5 Å². The molecule has 0 spiro atoms. The molecule has 0 saturated heterocycles. The van der Waals surface area contributed by atoms with Crippen LogP contribution >= 0.6 is 0 Å². The van der Waals surface area contributed by atoms with Crippen molar-refractivity contribution in [2.24, 2.45) is 17.8 Å². The lowest BCUT2D eigenvalue weighted by atomic mass is 9.88. The second-order valence-corrected chi connectivity index (χ2v) is 12.5. The predicted octanol–water partition coefficient (Wildman–Crippen LogP) is 4.50. The van der Waals surface area contributed by atoms with Gasteiger partial charge in [-0.3, -0.25) is 4.79 Å². The Kier molecular flexibility index (Phi) is 9.99. The van der Waals surface area contributed by atoms with Crippen LogP contribution in [0.4, 0.5) is 0 Å². The number of para-hydroxylation sites is 1. The Morgan fingerprint density at radius 2 is 1.77 bits per heavy atom. The van der Waals surface area contributed by atoms with E-state index in [9.17, 15) is 23.4 Å². The van der Waals surface area contributed by atoms with Crippen molar-refractivity contribution in [3.05, 3.63) is 84.5 Å². The van der Waals surface area contributed by atoms with Gasteiger partial charge in [0.05, 0.1) is 36.1 Å². The van der Waals surface area contributed by atoms with Crippen molar-refractivity contribution in [1.82, 2.24) is 0 Å². The maximum atomic E-state index is 13.7. The summed E-state index contributed by atoms with van der Waals surface area (Å²) in [5.74, 6) is 0.344. The van der Waals surface area contributed by atoms with E-state index in [-0.39, 0.29) is 35.0 Å². The molecule has 0 aliphatic heterocycles. The van der Waals surface area contributed by atoms with E-state index < -0.39 is 27.3 Å². The zero-order valence-corrected chi connectivity index (χ0v) is 23.1. The van der Waals surface area contributed by atoms with Gasteiger partial charge >= 0.3 is 5.97 Å². The third kappa shape index (κ3) is 7.38. The van der Waals surface area contributed by atoms with Crippen molar-refractivity contribution >= 4 is 15.8 Å². The molecule has 8 heteroatoms. The molecule has 0 radical (unpaired) electrons. The second-order valence-electron chi connectivity index (χ2n) is 10.4. The Labute approximate surface area is 231 Å². The third-order valence-corrected chi connectivity index (χ3v) is 10.0. The monoisotopic (exact) mass is 554 g/mol. The van der Waals surface area contributed by atoms with Gasteiger partial charge in [-0.15, -0.1) is 0 Å². The average molecular weight is 555 g/mol. The number of hydrogen-bond donors (Lipinski definition) is 2. The lowest BCUT2D eigenvalue weighted by molar-refractivity contribution is -0.140. The van der Waals surface area contributed by atoms with Gasteiger partial charge in [0.2, 0.25) is 0 Å². The molecule has 0 aromatic heterocycles. The smallest absolute Gasteiger partial charge is 0.305 e. The number of hydrogen-bond acceptors (Lipinski definition) is 7. The molecule has 4 rings (SSSR count). The molecule has 39 heavy (non-hydrogen) atoms. The lowest BCUT2D eigenvalue weighted by Gasteiger charge is -2.23. The molecule has 1 unspecified atom stereocenters. The summed E-state index contributed by atoms with van der Waals surface area (Å²) >= 11 is 0. The van der Waals surface area contributed by atoms with Crippen LogP contribution in [-0.4, -0.2) is 55.8 Å². The molecule has 1 fully saturated rings. The molecule has 2 aliphatic rings. The maximum absolute atomic E-state index is 13.7. The zero-order valence-electron chi connectivity index (χ0n) is 22.3. The molecule has 210 valence electrons. The first-order valence-electron chi connectivity index (χ1n) is 13.6. The van der Waals surface area contributed by atoms with Crippen LogP contribution in [0.5, 0.6) is 5.75 Å². The predicted molar refractivity (Wildman–Crippen MR) is 149 cm³/mol. The van der Waals surface area contributed by atoms with Gasteiger partial charge in [0.25, 0.3) is 0 Å². The van der Waals surface area contributed by atoms with Crippen molar-refractivity contribution in [3.8, 4) is 5.75 Å². The highest BCUT2D eigenvalue weighted by Crippen LogP contribution is 2.49. The number of allylic oxidation sites excluding steroid dienone is 1. The quantitative estimate of drug-likeness (QED) is 0.277. The van der Waals surface area contributed by atoms with Gasteiger partial charge in [0.1, 0.15) is 5.75 Å². The summed E-state index contributed by atoms with van der Waals surface area (Å²) < 4.78 is 37.8. The number of aliphatic hydroxyl groups is 2. The number of methoxy groups -OCH3 is 1. The van der Waals surface area contributed by atoms with E-state index in [0.29, 0.717) is 38.7 Å². The number of sulfone groups is 1. The van der Waals surface area contributed by atoms with Crippen molar-refractivity contribution in [3.63, 3.8) is 0 Å². The topological polar surface area (TPSA) is 110 Å². The van der Waals surface area contributed by atoms with E-state index in [4.69, 9.17) is 9.47 Å². The number of benzene rings is 2. The average Bonchev–Trinajstić information content (AvgIpc) is 3.47. The Morgan fingerprint density at radius 3 is 2.46 bits per heavy atom. The minimum Gasteiger partial charge on any atom is -0.493 e. The summed E-state index contributed by atoms with van der Waals surface area (Å²) in [6, 6.07) is 17.8. The van der Waals surface area contributed by atoms with Crippen LogP contribution in [-0.2, 0) is 19.4 Å². The van der Waals surface area contributed by atoms with Crippen molar-refractivity contribution in [2.45, 2.75) is 60.9 Å².